The normalized spacial score (nSPS) is 10.5. The molecular formula is C12H10BrClN2O. The Bertz CT molecular complexity index is 610. The van der Waals surface area contributed by atoms with Crippen LogP contribution in [0.3, 0.4) is 0 Å². The highest BCUT2D eigenvalue weighted by Gasteiger charge is 2.05. The minimum Gasteiger partial charge on any atom is -0.307 e. The second kappa shape index (κ2) is 5.02. The molecule has 1 aromatic carbocycles. The monoisotopic (exact) mass is 312 g/mol. The van der Waals surface area contributed by atoms with Crippen molar-refractivity contribution in [3.63, 3.8) is 0 Å². The number of rotatable bonds is 2. The van der Waals surface area contributed by atoms with Gasteiger partial charge in [-0.15, -0.1) is 0 Å². The van der Waals surface area contributed by atoms with Crippen LogP contribution >= 0.6 is 27.5 Å². The lowest BCUT2D eigenvalue weighted by molar-refractivity contribution is 0.987. The van der Waals surface area contributed by atoms with E-state index in [-0.39, 0.29) is 5.56 Å². The summed E-state index contributed by atoms with van der Waals surface area (Å²) < 4.78 is 0.779. The number of halogens is 2. The highest BCUT2D eigenvalue weighted by atomic mass is 79.9. The maximum absolute atomic E-state index is 11.5. The van der Waals surface area contributed by atoms with Crippen molar-refractivity contribution in [1.82, 2.24) is 9.97 Å². The van der Waals surface area contributed by atoms with Gasteiger partial charge < -0.3 is 4.98 Å². The molecule has 0 fully saturated rings. The number of aromatic nitrogens is 2. The van der Waals surface area contributed by atoms with Crippen molar-refractivity contribution >= 4 is 27.5 Å². The second-order valence-electron chi connectivity index (χ2n) is 3.57. The number of aryl methyl sites for hydroxylation is 1. The van der Waals surface area contributed by atoms with Gasteiger partial charge >= 0.3 is 0 Å². The van der Waals surface area contributed by atoms with Crippen LogP contribution in [0.4, 0.5) is 0 Å². The van der Waals surface area contributed by atoms with Crippen LogP contribution < -0.4 is 5.56 Å². The Hall–Kier alpha value is -1.13. The van der Waals surface area contributed by atoms with Crippen LogP contribution in [-0.4, -0.2) is 9.97 Å². The Morgan fingerprint density at radius 1 is 1.41 bits per heavy atom. The number of hydrogen-bond donors (Lipinski definition) is 1. The molecule has 0 saturated carbocycles. The molecule has 1 N–H and O–H groups in total. The number of H-pyrrole nitrogens is 1. The highest BCUT2D eigenvalue weighted by molar-refractivity contribution is 9.10. The van der Waals surface area contributed by atoms with Gasteiger partial charge in [0.15, 0.2) is 0 Å². The summed E-state index contributed by atoms with van der Waals surface area (Å²) in [6.07, 6.45) is 0.728. The summed E-state index contributed by atoms with van der Waals surface area (Å²) in [7, 11) is 0. The molecule has 0 aliphatic heterocycles. The molecule has 1 aromatic heterocycles. The molecule has 0 saturated heterocycles. The quantitative estimate of drug-likeness (QED) is 0.923. The molecule has 5 heteroatoms. The molecule has 3 nitrogen and oxygen atoms in total. The standard InChI is InChI=1S/C12H10BrClN2O/c1-2-8-6-11(17)16-12(15-8)7-3-4-10(14)9(13)5-7/h3-6H,2H2,1H3,(H,15,16,17). The van der Waals surface area contributed by atoms with E-state index >= 15 is 0 Å². The second-order valence-corrected chi connectivity index (χ2v) is 4.83. The van der Waals surface area contributed by atoms with Crippen LogP contribution in [0.5, 0.6) is 0 Å². The maximum Gasteiger partial charge on any atom is 0.251 e. The van der Waals surface area contributed by atoms with Crippen molar-refractivity contribution in [2.45, 2.75) is 13.3 Å². The Kier molecular flexibility index (Phi) is 3.64. The third-order valence-corrected chi connectivity index (χ3v) is 3.56. The summed E-state index contributed by atoms with van der Waals surface area (Å²) in [6, 6.07) is 6.93. The third kappa shape index (κ3) is 2.76. The number of nitrogens with one attached hydrogen (secondary N) is 1. The van der Waals surface area contributed by atoms with E-state index < -0.39 is 0 Å². The van der Waals surface area contributed by atoms with Gasteiger partial charge in [0.2, 0.25) is 0 Å². The van der Waals surface area contributed by atoms with Crippen molar-refractivity contribution < 1.29 is 0 Å². The molecule has 17 heavy (non-hydrogen) atoms. The van der Waals surface area contributed by atoms with E-state index in [9.17, 15) is 4.79 Å². The van der Waals surface area contributed by atoms with Gasteiger partial charge in [-0.1, -0.05) is 18.5 Å². The number of nitrogens with zero attached hydrogens (tertiary/aromatic N) is 1. The summed E-state index contributed by atoms with van der Waals surface area (Å²) in [4.78, 5) is 18.5. The summed E-state index contributed by atoms with van der Waals surface area (Å²) in [5.74, 6) is 0.562. The van der Waals surface area contributed by atoms with Gasteiger partial charge in [-0.05, 0) is 40.5 Å². The Morgan fingerprint density at radius 3 is 2.82 bits per heavy atom. The number of benzene rings is 1. The molecular weight excluding hydrogens is 304 g/mol. The summed E-state index contributed by atoms with van der Waals surface area (Å²) in [5.41, 5.74) is 1.46. The molecule has 0 bridgehead atoms. The fourth-order valence-corrected chi connectivity index (χ4v) is 1.97. The molecule has 0 atom stereocenters. The van der Waals surface area contributed by atoms with Crippen LogP contribution in [0, 0.1) is 0 Å². The van der Waals surface area contributed by atoms with E-state index in [2.05, 4.69) is 25.9 Å². The van der Waals surface area contributed by atoms with Gasteiger partial charge in [-0.2, -0.15) is 0 Å². The summed E-state index contributed by atoms with van der Waals surface area (Å²) >= 11 is 9.26. The molecule has 0 aliphatic rings. The predicted molar refractivity (Wildman–Crippen MR) is 72.4 cm³/mol. The predicted octanol–water partition coefficient (Wildman–Crippen LogP) is 3.42. The highest BCUT2D eigenvalue weighted by Crippen LogP contribution is 2.26. The van der Waals surface area contributed by atoms with Crippen LogP contribution in [0.15, 0.2) is 33.5 Å². The Labute approximate surface area is 112 Å². The first-order chi connectivity index (χ1) is 8.10. The molecule has 2 aromatic rings. The van der Waals surface area contributed by atoms with Crippen molar-refractivity contribution in [3.05, 3.63) is 49.8 Å². The van der Waals surface area contributed by atoms with Crippen molar-refractivity contribution in [2.24, 2.45) is 0 Å². The molecule has 0 unspecified atom stereocenters. The molecule has 1 heterocycles. The van der Waals surface area contributed by atoms with E-state index in [1.165, 1.54) is 6.07 Å². The average molecular weight is 314 g/mol. The van der Waals surface area contributed by atoms with Crippen LogP contribution in [0.25, 0.3) is 11.4 Å². The fourth-order valence-electron chi connectivity index (χ4n) is 1.47. The Balaban J connectivity index is 2.55. The lowest BCUT2D eigenvalue weighted by atomic mass is 10.2. The van der Waals surface area contributed by atoms with Gasteiger partial charge in [0.25, 0.3) is 5.56 Å². The first-order valence-corrected chi connectivity index (χ1v) is 6.33. The van der Waals surface area contributed by atoms with Crippen LogP contribution in [-0.2, 0) is 6.42 Å². The number of aromatic amines is 1. The molecule has 0 radical (unpaired) electrons. The van der Waals surface area contributed by atoms with Crippen molar-refractivity contribution in [1.29, 1.82) is 0 Å². The van der Waals surface area contributed by atoms with E-state index in [1.54, 1.807) is 6.07 Å². The van der Waals surface area contributed by atoms with Crippen molar-refractivity contribution in [2.75, 3.05) is 0 Å². The third-order valence-electron chi connectivity index (χ3n) is 2.35. The minimum atomic E-state index is -0.141. The van der Waals surface area contributed by atoms with E-state index in [0.29, 0.717) is 10.8 Å². The zero-order valence-electron chi connectivity index (χ0n) is 9.13. The molecule has 88 valence electrons. The minimum absolute atomic E-state index is 0.141. The Morgan fingerprint density at radius 2 is 2.18 bits per heavy atom. The zero-order chi connectivity index (χ0) is 12.4. The first kappa shape index (κ1) is 12.3. The van der Waals surface area contributed by atoms with Gasteiger partial charge in [-0.3, -0.25) is 4.79 Å². The van der Waals surface area contributed by atoms with Crippen molar-refractivity contribution in [3.8, 4) is 11.4 Å². The molecule has 0 spiro atoms. The number of hydrogen-bond acceptors (Lipinski definition) is 2. The average Bonchev–Trinajstić information content (AvgIpc) is 2.32. The van der Waals surface area contributed by atoms with Gasteiger partial charge in [0, 0.05) is 21.8 Å². The topological polar surface area (TPSA) is 45.8 Å². The van der Waals surface area contributed by atoms with E-state index in [0.717, 1.165) is 22.2 Å². The maximum atomic E-state index is 11.5. The van der Waals surface area contributed by atoms with Gasteiger partial charge in [-0.25, -0.2) is 4.98 Å². The smallest absolute Gasteiger partial charge is 0.251 e. The summed E-state index contributed by atoms with van der Waals surface area (Å²) in [5, 5.41) is 0.628. The molecule has 2 rings (SSSR count). The van der Waals surface area contributed by atoms with Gasteiger partial charge in [0.05, 0.1) is 5.02 Å². The van der Waals surface area contributed by atoms with E-state index in [4.69, 9.17) is 11.6 Å². The van der Waals surface area contributed by atoms with E-state index in [1.807, 2.05) is 19.1 Å². The first-order valence-electron chi connectivity index (χ1n) is 5.16. The largest absolute Gasteiger partial charge is 0.307 e. The fraction of sp³-hybridized carbons (Fsp3) is 0.167. The lowest BCUT2D eigenvalue weighted by Crippen LogP contribution is -2.09. The lowest BCUT2D eigenvalue weighted by Gasteiger charge is -2.04. The van der Waals surface area contributed by atoms with Gasteiger partial charge in [0.1, 0.15) is 5.82 Å². The van der Waals surface area contributed by atoms with Crippen LogP contribution in [0.1, 0.15) is 12.6 Å². The SMILES string of the molecule is CCc1cc(=O)[nH]c(-c2ccc(Cl)c(Br)c2)n1. The summed E-state index contributed by atoms with van der Waals surface area (Å²) in [6.45, 7) is 1.96. The molecule has 0 amide bonds. The zero-order valence-corrected chi connectivity index (χ0v) is 11.5. The van der Waals surface area contributed by atoms with Crippen LogP contribution in [0.2, 0.25) is 5.02 Å². The molecule has 0 aliphatic carbocycles.